The number of hydrogen-bond donors (Lipinski definition) is 2. The number of benzene rings is 1. The summed E-state index contributed by atoms with van der Waals surface area (Å²) >= 11 is 0. The smallest absolute Gasteiger partial charge is 0.0766 e. The van der Waals surface area contributed by atoms with E-state index < -0.39 is 5.60 Å². The Labute approximate surface area is 117 Å². The molecular formula is C16H28N2O. The first kappa shape index (κ1) is 16.0. The van der Waals surface area contributed by atoms with E-state index in [0.717, 1.165) is 0 Å². The van der Waals surface area contributed by atoms with Crippen molar-refractivity contribution in [3.8, 4) is 0 Å². The molecule has 2 N–H and O–H groups in total. The minimum Gasteiger partial charge on any atom is -0.389 e. The Balaban J connectivity index is 2.77. The highest BCUT2D eigenvalue weighted by Gasteiger charge is 2.25. The van der Waals surface area contributed by atoms with Crippen LogP contribution in [-0.4, -0.2) is 31.3 Å². The Bertz CT molecular complexity index is 399. The van der Waals surface area contributed by atoms with Gasteiger partial charge in [-0.2, -0.15) is 0 Å². The van der Waals surface area contributed by atoms with Gasteiger partial charge in [0.1, 0.15) is 0 Å². The van der Waals surface area contributed by atoms with Crippen LogP contribution in [0.4, 0.5) is 5.69 Å². The number of aliphatic hydroxyl groups is 1. The zero-order valence-corrected chi connectivity index (χ0v) is 13.1. The second-order valence-corrected chi connectivity index (χ2v) is 6.07. The Morgan fingerprint density at radius 2 is 1.79 bits per heavy atom. The molecule has 1 aromatic carbocycles. The predicted molar refractivity (Wildman–Crippen MR) is 82.6 cm³/mol. The average molecular weight is 264 g/mol. The van der Waals surface area contributed by atoms with Crippen molar-refractivity contribution in [2.75, 3.05) is 25.5 Å². The fourth-order valence-corrected chi connectivity index (χ4v) is 1.93. The van der Waals surface area contributed by atoms with Crippen molar-refractivity contribution >= 4 is 5.69 Å². The maximum atomic E-state index is 10.3. The third-order valence-electron chi connectivity index (χ3n) is 3.90. The molecule has 0 aliphatic rings. The molecule has 2 atom stereocenters. The van der Waals surface area contributed by atoms with Crippen molar-refractivity contribution < 1.29 is 5.11 Å². The van der Waals surface area contributed by atoms with Crippen LogP contribution in [0.2, 0.25) is 0 Å². The number of anilines is 1. The zero-order valence-electron chi connectivity index (χ0n) is 13.1. The van der Waals surface area contributed by atoms with Gasteiger partial charge in [0.2, 0.25) is 0 Å². The summed E-state index contributed by atoms with van der Waals surface area (Å²) < 4.78 is 0. The normalized spacial score (nSPS) is 16.2. The second-order valence-electron chi connectivity index (χ2n) is 6.07. The van der Waals surface area contributed by atoms with E-state index in [0.29, 0.717) is 6.54 Å². The van der Waals surface area contributed by atoms with Crippen LogP contribution in [0.5, 0.6) is 0 Å². The van der Waals surface area contributed by atoms with Gasteiger partial charge in [-0.15, -0.1) is 0 Å². The molecule has 1 aromatic rings. The molecule has 0 aliphatic heterocycles. The van der Waals surface area contributed by atoms with Gasteiger partial charge in [-0.25, -0.2) is 0 Å². The predicted octanol–water partition coefficient (Wildman–Crippen LogP) is 2.81. The highest BCUT2D eigenvalue weighted by Crippen LogP contribution is 2.25. The summed E-state index contributed by atoms with van der Waals surface area (Å²) in [6, 6.07) is 8.58. The molecular weight excluding hydrogens is 236 g/mol. The number of nitrogens with one attached hydrogen (secondary N) is 1. The number of hydrogen-bond acceptors (Lipinski definition) is 3. The van der Waals surface area contributed by atoms with Crippen LogP contribution in [-0.2, 0) is 0 Å². The Hall–Kier alpha value is -1.06. The third-order valence-corrected chi connectivity index (χ3v) is 3.90. The van der Waals surface area contributed by atoms with Crippen molar-refractivity contribution in [3.63, 3.8) is 0 Å². The van der Waals surface area contributed by atoms with Gasteiger partial charge in [0.25, 0.3) is 0 Å². The van der Waals surface area contributed by atoms with Crippen LogP contribution in [0.1, 0.15) is 39.3 Å². The lowest BCUT2D eigenvalue weighted by Crippen LogP contribution is -2.43. The summed E-state index contributed by atoms with van der Waals surface area (Å²) in [6.45, 7) is 8.70. The first-order valence-corrected chi connectivity index (χ1v) is 6.97. The van der Waals surface area contributed by atoms with Crippen molar-refractivity contribution in [2.24, 2.45) is 5.92 Å². The lowest BCUT2D eigenvalue weighted by atomic mass is 9.92. The molecule has 0 bridgehead atoms. The summed E-state index contributed by atoms with van der Waals surface area (Å²) in [6.07, 6.45) is 0. The highest BCUT2D eigenvalue weighted by molar-refractivity contribution is 5.53. The topological polar surface area (TPSA) is 35.5 Å². The van der Waals surface area contributed by atoms with Gasteiger partial charge in [0.15, 0.2) is 0 Å². The van der Waals surface area contributed by atoms with E-state index in [4.69, 9.17) is 0 Å². The van der Waals surface area contributed by atoms with Crippen molar-refractivity contribution in [3.05, 3.63) is 29.8 Å². The van der Waals surface area contributed by atoms with Crippen LogP contribution < -0.4 is 10.2 Å². The molecule has 0 spiro atoms. The zero-order chi connectivity index (χ0) is 14.6. The minimum absolute atomic E-state index is 0.212. The van der Waals surface area contributed by atoms with Gasteiger partial charge in [0, 0.05) is 32.4 Å². The van der Waals surface area contributed by atoms with Gasteiger partial charge in [-0.1, -0.05) is 32.0 Å². The SMILES string of the molecule is CC(NCC(C)(O)C(C)C)c1ccccc1N(C)C. The van der Waals surface area contributed by atoms with Crippen molar-refractivity contribution in [1.82, 2.24) is 5.32 Å². The summed E-state index contributed by atoms with van der Waals surface area (Å²) in [4.78, 5) is 2.12. The number of nitrogens with zero attached hydrogens (tertiary/aromatic N) is 1. The summed E-state index contributed by atoms with van der Waals surface area (Å²) in [5.74, 6) is 0.233. The van der Waals surface area contributed by atoms with Crippen LogP contribution in [0, 0.1) is 5.92 Å². The quantitative estimate of drug-likeness (QED) is 0.829. The maximum absolute atomic E-state index is 10.3. The molecule has 0 saturated carbocycles. The average Bonchev–Trinajstić information content (AvgIpc) is 2.35. The standard InChI is InChI=1S/C16H28N2O/c1-12(2)16(4,19)11-17-13(3)14-9-7-8-10-15(14)18(5)6/h7-10,12-13,17,19H,11H2,1-6H3. The van der Waals surface area contributed by atoms with Crippen molar-refractivity contribution in [1.29, 1.82) is 0 Å². The molecule has 3 nitrogen and oxygen atoms in total. The second kappa shape index (κ2) is 6.40. The van der Waals surface area contributed by atoms with E-state index in [-0.39, 0.29) is 12.0 Å². The van der Waals surface area contributed by atoms with Crippen molar-refractivity contribution in [2.45, 2.75) is 39.3 Å². The molecule has 0 radical (unpaired) electrons. The number of rotatable bonds is 6. The fourth-order valence-electron chi connectivity index (χ4n) is 1.93. The molecule has 19 heavy (non-hydrogen) atoms. The molecule has 0 aliphatic carbocycles. The van der Waals surface area contributed by atoms with E-state index in [2.05, 4.69) is 55.5 Å². The van der Waals surface area contributed by atoms with Gasteiger partial charge in [-0.05, 0) is 31.4 Å². The van der Waals surface area contributed by atoms with Gasteiger partial charge >= 0.3 is 0 Å². The van der Waals surface area contributed by atoms with Crippen LogP contribution in [0.25, 0.3) is 0 Å². The summed E-state index contributed by atoms with van der Waals surface area (Å²) in [5, 5.41) is 13.7. The molecule has 0 amide bonds. The Kier molecular flexibility index (Phi) is 5.39. The minimum atomic E-state index is -0.679. The molecule has 108 valence electrons. The first-order chi connectivity index (χ1) is 8.75. The van der Waals surface area contributed by atoms with Gasteiger partial charge < -0.3 is 15.3 Å². The van der Waals surface area contributed by atoms with Gasteiger partial charge in [0.05, 0.1) is 5.60 Å². The molecule has 1 rings (SSSR count). The van der Waals surface area contributed by atoms with E-state index in [1.165, 1.54) is 11.3 Å². The van der Waals surface area contributed by atoms with Crippen LogP contribution >= 0.6 is 0 Å². The largest absolute Gasteiger partial charge is 0.389 e. The maximum Gasteiger partial charge on any atom is 0.0766 e. The van der Waals surface area contributed by atoms with Crippen LogP contribution in [0.15, 0.2) is 24.3 Å². The lowest BCUT2D eigenvalue weighted by molar-refractivity contribution is 0.0122. The van der Waals surface area contributed by atoms with Gasteiger partial charge in [-0.3, -0.25) is 0 Å². The molecule has 0 aromatic heterocycles. The molecule has 0 heterocycles. The lowest BCUT2D eigenvalue weighted by Gasteiger charge is -2.30. The summed E-state index contributed by atoms with van der Waals surface area (Å²) in [5.41, 5.74) is 1.79. The van der Waals surface area contributed by atoms with E-state index >= 15 is 0 Å². The Morgan fingerprint density at radius 1 is 1.21 bits per heavy atom. The number of para-hydroxylation sites is 1. The van der Waals surface area contributed by atoms with E-state index in [9.17, 15) is 5.11 Å². The fraction of sp³-hybridized carbons (Fsp3) is 0.625. The first-order valence-electron chi connectivity index (χ1n) is 6.97. The summed E-state index contributed by atoms with van der Waals surface area (Å²) in [7, 11) is 4.10. The molecule has 0 fully saturated rings. The molecule has 0 saturated heterocycles. The molecule has 2 unspecified atom stereocenters. The van der Waals surface area contributed by atoms with E-state index in [1.807, 2.05) is 20.8 Å². The van der Waals surface area contributed by atoms with E-state index in [1.54, 1.807) is 0 Å². The van der Waals surface area contributed by atoms with Crippen LogP contribution in [0.3, 0.4) is 0 Å². The highest BCUT2D eigenvalue weighted by atomic mass is 16.3. The monoisotopic (exact) mass is 264 g/mol. The Morgan fingerprint density at radius 3 is 2.32 bits per heavy atom. The third kappa shape index (κ3) is 4.22. The molecule has 3 heteroatoms.